The van der Waals surface area contributed by atoms with Gasteiger partial charge in [-0.25, -0.2) is 0 Å². The fourth-order valence-corrected chi connectivity index (χ4v) is 6.80. The van der Waals surface area contributed by atoms with E-state index >= 15 is 0 Å². The molecule has 2 heterocycles. The smallest absolute Gasteiger partial charge is 0.158 e. The monoisotopic (exact) mass is 517 g/mol. The molecule has 0 saturated heterocycles. The molecule has 0 atom stereocenters. The third kappa shape index (κ3) is 3.63. The number of rotatable bonds is 4. The topological polar surface area (TPSA) is 25.2 Å². The van der Waals surface area contributed by atoms with E-state index in [9.17, 15) is 0 Å². The van der Waals surface area contributed by atoms with Crippen LogP contribution in [0.5, 0.6) is 0 Å². The minimum atomic E-state index is 0.870. The highest BCUT2D eigenvalue weighted by Crippen LogP contribution is 2.41. The molecule has 184 valence electrons. The lowest BCUT2D eigenvalue weighted by Crippen LogP contribution is -1.90. The summed E-state index contributed by atoms with van der Waals surface area (Å²) in [6.07, 6.45) is 0. The molecule has 0 spiro atoms. The first-order valence-corrected chi connectivity index (χ1v) is 13.9. The number of anilines is 2. The van der Waals surface area contributed by atoms with Crippen LogP contribution in [0.3, 0.4) is 0 Å². The second-order valence-corrected chi connectivity index (χ2v) is 10.9. The van der Waals surface area contributed by atoms with E-state index in [-0.39, 0.29) is 0 Å². The predicted molar refractivity (Wildman–Crippen MR) is 167 cm³/mol. The number of thiophene rings is 1. The summed E-state index contributed by atoms with van der Waals surface area (Å²) in [5.41, 5.74) is 8.51. The summed E-state index contributed by atoms with van der Waals surface area (Å²) in [5.74, 6) is 0. The fourth-order valence-electron chi connectivity index (χ4n) is 5.67. The minimum absolute atomic E-state index is 0.870. The lowest BCUT2D eigenvalue weighted by atomic mass is 9.99. The Balaban J connectivity index is 1.18. The van der Waals surface area contributed by atoms with Crippen molar-refractivity contribution >= 4 is 64.8 Å². The van der Waals surface area contributed by atoms with Crippen molar-refractivity contribution in [3.8, 4) is 22.3 Å². The predicted octanol–water partition coefficient (Wildman–Crippen LogP) is 11.0. The van der Waals surface area contributed by atoms with Gasteiger partial charge in [0.25, 0.3) is 0 Å². The van der Waals surface area contributed by atoms with Crippen LogP contribution in [-0.4, -0.2) is 0 Å². The summed E-state index contributed by atoms with van der Waals surface area (Å²) in [4.78, 5) is 0. The molecule has 0 unspecified atom stereocenters. The van der Waals surface area contributed by atoms with Crippen molar-refractivity contribution < 1.29 is 4.42 Å². The van der Waals surface area contributed by atoms with Crippen LogP contribution in [-0.2, 0) is 0 Å². The van der Waals surface area contributed by atoms with Crippen molar-refractivity contribution in [2.75, 3.05) is 5.32 Å². The average Bonchev–Trinajstić information content (AvgIpc) is 3.57. The maximum atomic E-state index is 6.55. The van der Waals surface area contributed by atoms with E-state index in [0.29, 0.717) is 0 Å². The van der Waals surface area contributed by atoms with Crippen LogP contribution in [0.25, 0.3) is 64.4 Å². The van der Waals surface area contributed by atoms with Gasteiger partial charge in [-0.15, -0.1) is 11.3 Å². The van der Waals surface area contributed by atoms with Crippen LogP contribution in [0.1, 0.15) is 0 Å². The van der Waals surface area contributed by atoms with E-state index in [1.165, 1.54) is 31.3 Å². The summed E-state index contributed by atoms with van der Waals surface area (Å²) in [7, 11) is 0. The van der Waals surface area contributed by atoms with Gasteiger partial charge in [0.05, 0.1) is 5.69 Å². The third-order valence-corrected chi connectivity index (χ3v) is 8.62. The second-order valence-electron chi connectivity index (χ2n) is 9.81. The van der Waals surface area contributed by atoms with E-state index in [2.05, 4.69) is 133 Å². The van der Waals surface area contributed by atoms with Crippen molar-refractivity contribution in [2.45, 2.75) is 0 Å². The SMILES string of the molecule is c1ccc(-c2cccc3c2oc2c(Nc4ccc(-c5cccc6sc7ccccc7c56)cc4)cccc23)cc1. The molecule has 39 heavy (non-hydrogen) atoms. The minimum Gasteiger partial charge on any atom is -0.453 e. The summed E-state index contributed by atoms with van der Waals surface area (Å²) < 4.78 is 9.20. The summed E-state index contributed by atoms with van der Waals surface area (Å²) in [5, 5.41) is 8.51. The first kappa shape index (κ1) is 22.2. The third-order valence-electron chi connectivity index (χ3n) is 7.49. The average molecular weight is 518 g/mol. The lowest BCUT2D eigenvalue weighted by Gasteiger charge is -2.09. The van der Waals surface area contributed by atoms with Crippen LogP contribution in [0.4, 0.5) is 11.4 Å². The van der Waals surface area contributed by atoms with Gasteiger partial charge < -0.3 is 9.73 Å². The van der Waals surface area contributed by atoms with E-state index < -0.39 is 0 Å². The Hall–Kier alpha value is -4.86. The van der Waals surface area contributed by atoms with Crippen molar-refractivity contribution in [1.29, 1.82) is 0 Å². The van der Waals surface area contributed by atoms with Crippen LogP contribution < -0.4 is 5.32 Å². The van der Waals surface area contributed by atoms with Crippen molar-refractivity contribution in [3.05, 3.63) is 133 Å². The molecule has 0 aliphatic rings. The largest absolute Gasteiger partial charge is 0.453 e. The Morgan fingerprint density at radius 3 is 1.97 bits per heavy atom. The standard InChI is InChI=1S/C36H23NOS/c1-2-9-23(10-3-1)27-13-6-14-28-29-15-7-16-31(36(29)38-35(27)28)37-25-21-19-24(20-22-25)26-12-8-18-33-34(26)30-11-4-5-17-32(30)39-33/h1-22,37H. The number of furan rings is 1. The Bertz CT molecular complexity index is 2140. The number of fused-ring (bicyclic) bond motifs is 6. The molecule has 0 aliphatic carbocycles. The Morgan fingerprint density at radius 1 is 0.462 bits per heavy atom. The highest BCUT2D eigenvalue weighted by atomic mass is 32.1. The summed E-state index contributed by atoms with van der Waals surface area (Å²) in [6.45, 7) is 0. The van der Waals surface area contributed by atoms with E-state index in [1.54, 1.807) is 0 Å². The first-order chi connectivity index (χ1) is 19.3. The molecule has 0 amide bonds. The van der Waals surface area contributed by atoms with Gasteiger partial charge in [0.15, 0.2) is 5.58 Å². The Kier molecular flexibility index (Phi) is 5.04. The maximum Gasteiger partial charge on any atom is 0.158 e. The van der Waals surface area contributed by atoms with Crippen molar-refractivity contribution in [1.82, 2.24) is 0 Å². The number of benzene rings is 6. The van der Waals surface area contributed by atoms with Crippen LogP contribution >= 0.6 is 11.3 Å². The first-order valence-electron chi connectivity index (χ1n) is 13.1. The van der Waals surface area contributed by atoms with E-state index in [1.807, 2.05) is 17.4 Å². The number of para-hydroxylation sites is 2. The van der Waals surface area contributed by atoms with E-state index in [4.69, 9.17) is 4.42 Å². The van der Waals surface area contributed by atoms with Crippen LogP contribution in [0.15, 0.2) is 138 Å². The zero-order chi connectivity index (χ0) is 25.8. The molecule has 0 saturated carbocycles. The van der Waals surface area contributed by atoms with Gasteiger partial charge in [-0.05, 0) is 47.0 Å². The second kappa shape index (κ2) is 8.87. The van der Waals surface area contributed by atoms with Gasteiger partial charge in [0, 0.05) is 42.2 Å². The van der Waals surface area contributed by atoms with Crippen molar-refractivity contribution in [3.63, 3.8) is 0 Å². The van der Waals surface area contributed by atoms with Gasteiger partial charge in [-0.2, -0.15) is 0 Å². The number of hydrogen-bond acceptors (Lipinski definition) is 3. The van der Waals surface area contributed by atoms with E-state index in [0.717, 1.165) is 44.4 Å². The molecule has 1 N–H and O–H groups in total. The molecule has 2 aromatic heterocycles. The fraction of sp³-hybridized carbons (Fsp3) is 0. The molecular formula is C36H23NOS. The van der Waals surface area contributed by atoms with Crippen molar-refractivity contribution in [2.24, 2.45) is 0 Å². The molecule has 0 radical (unpaired) electrons. The van der Waals surface area contributed by atoms with Gasteiger partial charge in [-0.3, -0.25) is 0 Å². The zero-order valence-electron chi connectivity index (χ0n) is 21.0. The molecule has 8 rings (SSSR count). The molecule has 3 heteroatoms. The molecule has 0 bridgehead atoms. The molecule has 8 aromatic rings. The molecule has 0 fully saturated rings. The van der Waals surface area contributed by atoms with Gasteiger partial charge in [0.2, 0.25) is 0 Å². The highest BCUT2D eigenvalue weighted by molar-refractivity contribution is 7.25. The van der Waals surface area contributed by atoms with Gasteiger partial charge in [0.1, 0.15) is 5.58 Å². The van der Waals surface area contributed by atoms with Gasteiger partial charge >= 0.3 is 0 Å². The summed E-state index contributed by atoms with van der Waals surface area (Å²) >= 11 is 1.85. The zero-order valence-corrected chi connectivity index (χ0v) is 21.8. The molecular weight excluding hydrogens is 494 g/mol. The highest BCUT2D eigenvalue weighted by Gasteiger charge is 2.15. The quantitative estimate of drug-likeness (QED) is 0.251. The molecule has 2 nitrogen and oxygen atoms in total. The molecule has 0 aliphatic heterocycles. The number of nitrogens with one attached hydrogen (secondary N) is 1. The molecule has 6 aromatic carbocycles. The summed E-state index contributed by atoms with van der Waals surface area (Å²) in [6, 6.07) is 47.1. The van der Waals surface area contributed by atoms with Gasteiger partial charge in [-0.1, -0.05) is 103 Å². The normalized spacial score (nSPS) is 11.6. The lowest BCUT2D eigenvalue weighted by molar-refractivity contribution is 0.671. The van der Waals surface area contributed by atoms with Crippen LogP contribution in [0.2, 0.25) is 0 Å². The Labute approximate surface area is 229 Å². The number of hydrogen-bond donors (Lipinski definition) is 1. The maximum absolute atomic E-state index is 6.55. The Morgan fingerprint density at radius 2 is 1.10 bits per heavy atom. The van der Waals surface area contributed by atoms with Crippen LogP contribution in [0, 0.1) is 0 Å².